The molecular weight excluding hydrogens is 452 g/mol. The molecule has 2 aromatic heterocycles. The monoisotopic (exact) mass is 486 g/mol. The third-order valence-electron chi connectivity index (χ3n) is 6.84. The summed E-state index contributed by atoms with van der Waals surface area (Å²) in [5, 5.41) is 8.36. The number of hydrogen-bond donors (Lipinski definition) is 3. The fourth-order valence-corrected chi connectivity index (χ4v) is 5.30. The smallest absolute Gasteiger partial charge is 0.408 e. The number of H-pyrrole nitrogens is 1. The summed E-state index contributed by atoms with van der Waals surface area (Å²) in [6.07, 6.45) is 4.61. The summed E-state index contributed by atoms with van der Waals surface area (Å²) in [7, 11) is 1.99. The number of nitrogens with zero attached hydrogens (tertiary/aromatic N) is 1. The molecule has 4 aromatic rings. The summed E-state index contributed by atoms with van der Waals surface area (Å²) < 4.78 is 7.54. The summed E-state index contributed by atoms with van der Waals surface area (Å²) in [6, 6.07) is 15.4. The molecule has 0 aliphatic heterocycles. The number of para-hydroxylation sites is 2. The van der Waals surface area contributed by atoms with Crippen LogP contribution in [0.3, 0.4) is 0 Å². The maximum atomic E-state index is 13.7. The minimum atomic E-state index is -0.777. The first kappa shape index (κ1) is 24.0. The van der Waals surface area contributed by atoms with Crippen LogP contribution in [0.25, 0.3) is 21.8 Å². The first-order valence-electron chi connectivity index (χ1n) is 12.6. The molecule has 7 heteroatoms. The van der Waals surface area contributed by atoms with E-state index < -0.39 is 17.7 Å². The second-order valence-electron chi connectivity index (χ2n) is 10.7. The van der Waals surface area contributed by atoms with Gasteiger partial charge in [0.05, 0.1) is 6.04 Å². The number of fused-ring (bicyclic) bond motifs is 4. The zero-order chi connectivity index (χ0) is 25.4. The molecule has 5 rings (SSSR count). The topological polar surface area (TPSA) is 88.2 Å². The van der Waals surface area contributed by atoms with Gasteiger partial charge in [0.1, 0.15) is 11.6 Å². The van der Waals surface area contributed by atoms with Gasteiger partial charge in [-0.25, -0.2) is 4.79 Å². The molecule has 1 aliphatic rings. The van der Waals surface area contributed by atoms with Crippen LogP contribution in [0.2, 0.25) is 0 Å². The van der Waals surface area contributed by atoms with Crippen molar-refractivity contribution in [1.82, 2.24) is 20.2 Å². The quantitative estimate of drug-likeness (QED) is 0.358. The lowest BCUT2D eigenvalue weighted by Gasteiger charge is -2.27. The highest BCUT2D eigenvalue weighted by Gasteiger charge is 2.30. The molecule has 7 nitrogen and oxygen atoms in total. The van der Waals surface area contributed by atoms with Crippen molar-refractivity contribution in [3.63, 3.8) is 0 Å². The second-order valence-corrected chi connectivity index (χ2v) is 10.7. The zero-order valence-corrected chi connectivity index (χ0v) is 21.4. The largest absolute Gasteiger partial charge is 0.444 e. The van der Waals surface area contributed by atoms with Crippen LogP contribution < -0.4 is 10.6 Å². The average Bonchev–Trinajstić information content (AvgIpc) is 3.36. The number of hydrogen-bond acceptors (Lipinski definition) is 3. The molecule has 3 N–H and O–H groups in total. The van der Waals surface area contributed by atoms with Gasteiger partial charge in [-0.1, -0.05) is 36.4 Å². The Bertz CT molecular complexity index is 1430. The third-order valence-corrected chi connectivity index (χ3v) is 6.84. The Kier molecular flexibility index (Phi) is 6.24. The molecule has 0 spiro atoms. The van der Waals surface area contributed by atoms with Crippen molar-refractivity contribution < 1.29 is 14.3 Å². The number of carbonyl (C=O) groups is 2. The van der Waals surface area contributed by atoms with E-state index in [0.717, 1.165) is 46.9 Å². The molecule has 0 fully saturated rings. The molecule has 2 heterocycles. The van der Waals surface area contributed by atoms with Crippen molar-refractivity contribution in [2.45, 2.75) is 64.1 Å². The molecule has 0 saturated heterocycles. The van der Waals surface area contributed by atoms with Gasteiger partial charge in [-0.2, -0.15) is 0 Å². The van der Waals surface area contributed by atoms with E-state index in [1.54, 1.807) is 0 Å². The molecule has 0 bridgehead atoms. The lowest BCUT2D eigenvalue weighted by Crippen LogP contribution is -2.50. The standard InChI is InChI=1S/C29H34N4O3/c1-29(2,3)36-28(35)32-24(16-18-17-33(4)25-15-8-6-10-19(18)25)27(34)31-23-14-9-12-21-20-11-5-7-13-22(20)30-26(21)23/h5-8,10-11,13,15,17,23-24,30H,9,12,14,16H2,1-4H3,(H,31,34)(H,32,35). The van der Waals surface area contributed by atoms with E-state index in [2.05, 4.69) is 33.8 Å². The van der Waals surface area contributed by atoms with Gasteiger partial charge in [0.25, 0.3) is 0 Å². The van der Waals surface area contributed by atoms with E-state index in [4.69, 9.17) is 4.74 Å². The Morgan fingerprint density at radius 1 is 1.11 bits per heavy atom. The van der Waals surface area contributed by atoms with Crippen LogP contribution in [-0.2, 0) is 29.4 Å². The van der Waals surface area contributed by atoms with Gasteiger partial charge >= 0.3 is 6.09 Å². The van der Waals surface area contributed by atoms with Gasteiger partial charge in [-0.3, -0.25) is 4.79 Å². The van der Waals surface area contributed by atoms with Crippen molar-refractivity contribution in [2.24, 2.45) is 7.05 Å². The van der Waals surface area contributed by atoms with E-state index in [0.29, 0.717) is 6.42 Å². The highest BCUT2D eigenvalue weighted by Crippen LogP contribution is 2.34. The number of nitrogens with one attached hydrogen (secondary N) is 3. The molecule has 2 unspecified atom stereocenters. The minimum Gasteiger partial charge on any atom is -0.444 e. The SMILES string of the molecule is Cn1cc(CC(NC(=O)OC(C)(C)C)C(=O)NC2CCCc3c2[nH]c2ccccc32)c2ccccc21. The summed E-state index contributed by atoms with van der Waals surface area (Å²) in [4.78, 5) is 29.9. The van der Waals surface area contributed by atoms with Crippen molar-refractivity contribution in [2.75, 3.05) is 0 Å². The maximum Gasteiger partial charge on any atom is 0.408 e. The lowest BCUT2D eigenvalue weighted by atomic mass is 9.91. The number of aromatic nitrogens is 2. The Morgan fingerprint density at radius 3 is 2.61 bits per heavy atom. The number of aromatic amines is 1. The summed E-state index contributed by atoms with van der Waals surface area (Å²) in [5.74, 6) is -0.217. The van der Waals surface area contributed by atoms with E-state index in [1.165, 1.54) is 10.9 Å². The second kappa shape index (κ2) is 9.37. The van der Waals surface area contributed by atoms with E-state index in [1.807, 2.05) is 68.9 Å². The molecule has 0 saturated carbocycles. The molecule has 36 heavy (non-hydrogen) atoms. The number of amides is 2. The first-order chi connectivity index (χ1) is 17.2. The van der Waals surface area contributed by atoms with Crippen molar-refractivity contribution >= 4 is 33.8 Å². The fourth-order valence-electron chi connectivity index (χ4n) is 5.30. The number of benzene rings is 2. The van der Waals surface area contributed by atoms with Crippen LogP contribution in [0.4, 0.5) is 4.79 Å². The van der Waals surface area contributed by atoms with Gasteiger partial charge in [-0.15, -0.1) is 0 Å². The zero-order valence-electron chi connectivity index (χ0n) is 21.4. The summed E-state index contributed by atoms with van der Waals surface area (Å²) in [5.41, 5.74) is 4.85. The minimum absolute atomic E-state index is 0.135. The molecule has 188 valence electrons. The Hall–Kier alpha value is -3.74. The molecule has 2 aromatic carbocycles. The van der Waals surface area contributed by atoms with E-state index in [9.17, 15) is 9.59 Å². The third kappa shape index (κ3) is 4.83. The lowest BCUT2D eigenvalue weighted by molar-refractivity contribution is -0.124. The van der Waals surface area contributed by atoms with Gasteiger partial charge in [-0.05, 0) is 63.3 Å². The molecular formula is C29H34N4O3. The van der Waals surface area contributed by atoms with Crippen molar-refractivity contribution in [3.05, 3.63) is 71.5 Å². The maximum absolute atomic E-state index is 13.7. The summed E-state index contributed by atoms with van der Waals surface area (Å²) in [6.45, 7) is 5.43. The predicted octanol–water partition coefficient (Wildman–Crippen LogP) is 5.29. The van der Waals surface area contributed by atoms with Crippen LogP contribution in [0.15, 0.2) is 54.7 Å². The van der Waals surface area contributed by atoms with Gasteiger partial charge < -0.3 is 24.9 Å². The molecule has 1 aliphatic carbocycles. The van der Waals surface area contributed by atoms with E-state index >= 15 is 0 Å². The Balaban J connectivity index is 1.42. The molecule has 2 atom stereocenters. The van der Waals surface area contributed by atoms with Crippen LogP contribution >= 0.6 is 0 Å². The predicted molar refractivity (Wildman–Crippen MR) is 142 cm³/mol. The van der Waals surface area contributed by atoms with Crippen LogP contribution in [0.5, 0.6) is 0 Å². The molecule has 2 amide bonds. The van der Waals surface area contributed by atoms with Crippen LogP contribution in [0, 0.1) is 0 Å². The number of carbonyl (C=O) groups excluding carboxylic acids is 2. The molecule has 0 radical (unpaired) electrons. The van der Waals surface area contributed by atoms with Crippen LogP contribution in [-0.4, -0.2) is 33.2 Å². The number of alkyl carbamates (subject to hydrolysis) is 1. The highest BCUT2D eigenvalue weighted by atomic mass is 16.6. The van der Waals surface area contributed by atoms with Crippen molar-refractivity contribution in [3.8, 4) is 0 Å². The van der Waals surface area contributed by atoms with Crippen LogP contribution in [0.1, 0.15) is 56.5 Å². The number of aryl methyl sites for hydroxylation is 2. The average molecular weight is 487 g/mol. The van der Waals surface area contributed by atoms with E-state index in [-0.39, 0.29) is 11.9 Å². The van der Waals surface area contributed by atoms with Gasteiger partial charge in [0.2, 0.25) is 5.91 Å². The highest BCUT2D eigenvalue weighted by molar-refractivity contribution is 5.90. The first-order valence-corrected chi connectivity index (χ1v) is 12.6. The van der Waals surface area contributed by atoms with Crippen molar-refractivity contribution in [1.29, 1.82) is 0 Å². The Morgan fingerprint density at radius 2 is 1.83 bits per heavy atom. The fraction of sp³-hybridized carbons (Fsp3) is 0.379. The van der Waals surface area contributed by atoms with Gasteiger partial charge in [0, 0.05) is 47.2 Å². The van der Waals surface area contributed by atoms with Gasteiger partial charge in [0.15, 0.2) is 0 Å². The summed E-state index contributed by atoms with van der Waals surface area (Å²) >= 11 is 0. The normalized spacial score (nSPS) is 16.5. The Labute approximate surface area is 211 Å². The number of rotatable bonds is 5. The number of ether oxygens (including phenoxy) is 1.